The number of fused-ring (bicyclic) bond motifs is 2. The Morgan fingerprint density at radius 1 is 0.981 bits per heavy atom. The van der Waals surface area contributed by atoms with Crippen LogP contribution in [0, 0.1) is 36.0 Å². The van der Waals surface area contributed by atoms with Crippen LogP contribution in [-0.4, -0.2) is 149 Å². The molecule has 4 saturated heterocycles. The maximum absolute atomic E-state index is 14.2. The van der Waals surface area contributed by atoms with Crippen molar-refractivity contribution >= 4 is 11.8 Å². The fourth-order valence-corrected chi connectivity index (χ4v) is 9.09. The molecular weight excluding hydrogens is 702 g/mol. The summed E-state index contributed by atoms with van der Waals surface area (Å²) in [6.07, 6.45) is -2.75. The molecule has 0 unspecified atom stereocenters. The van der Waals surface area contributed by atoms with Gasteiger partial charge in [-0.05, 0) is 67.9 Å². The number of methoxy groups -OCH3 is 1. The molecule has 0 aliphatic carbocycles. The second kappa shape index (κ2) is 17.8. The van der Waals surface area contributed by atoms with E-state index in [1.807, 2.05) is 32.7 Å². The summed E-state index contributed by atoms with van der Waals surface area (Å²) in [6, 6.07) is -0.343. The van der Waals surface area contributed by atoms with Crippen molar-refractivity contribution in [2.24, 2.45) is 23.7 Å². The standard InChI is InChI=1S/C40H67NO13/c1-13-15-16-41(11)27-17-21(3)50-37(31(27)43)54-35-23(5)32(53-29-19-38(8,48-12)34(45)25(7)51-29)24(6)36(46)52-28(14-2)40(10,47)33(44)22(4)30(42)26-18-39(35,9)49-20-26/h1,21-29,31-35,37,43-45,47H,14-20H2,2-12H3/t21-,22+,23+,24-,25+,26+,27+,28-,29-,31-,32+,33-,34+,35-,37+,38-,39-,40-/m1/s1. The Labute approximate surface area is 321 Å². The number of carbonyl (C=O) groups is 2. The second-order valence-corrected chi connectivity index (χ2v) is 17.0. The summed E-state index contributed by atoms with van der Waals surface area (Å²) in [4.78, 5) is 30.2. The minimum absolute atomic E-state index is 0.0180. The number of terminal acetylenes is 1. The zero-order valence-electron chi connectivity index (χ0n) is 34.1. The lowest BCUT2D eigenvalue weighted by Crippen LogP contribution is -2.61. The van der Waals surface area contributed by atoms with Crippen molar-refractivity contribution in [3.8, 4) is 12.3 Å². The van der Waals surface area contributed by atoms with Crippen LogP contribution in [0.3, 0.4) is 0 Å². The van der Waals surface area contributed by atoms with Crippen molar-refractivity contribution in [2.45, 2.75) is 179 Å². The monoisotopic (exact) mass is 769 g/mol. The molecule has 2 bridgehead atoms. The average Bonchev–Trinajstić information content (AvgIpc) is 3.54. The maximum atomic E-state index is 14.2. The zero-order chi connectivity index (χ0) is 40.5. The zero-order valence-corrected chi connectivity index (χ0v) is 34.1. The number of likely N-dealkylation sites (N-methyl/N-ethyl adjacent to an activating group) is 1. The summed E-state index contributed by atoms with van der Waals surface area (Å²) in [5.41, 5.74) is -4.18. The van der Waals surface area contributed by atoms with E-state index < -0.39 is 102 Å². The summed E-state index contributed by atoms with van der Waals surface area (Å²) in [6.45, 7) is 15.9. The first-order valence-electron chi connectivity index (χ1n) is 19.6. The minimum Gasteiger partial charge on any atom is -0.459 e. The molecular formula is C40H67NO13. The van der Waals surface area contributed by atoms with Gasteiger partial charge in [0.15, 0.2) is 12.6 Å². The number of hydrogen-bond acceptors (Lipinski definition) is 14. The van der Waals surface area contributed by atoms with Gasteiger partial charge in [-0.25, -0.2) is 0 Å². The highest BCUT2D eigenvalue weighted by molar-refractivity contribution is 5.84. The minimum atomic E-state index is -1.97. The van der Waals surface area contributed by atoms with E-state index in [1.54, 1.807) is 34.6 Å². The summed E-state index contributed by atoms with van der Waals surface area (Å²) in [7, 11) is 3.40. The summed E-state index contributed by atoms with van der Waals surface area (Å²) >= 11 is 0. The molecule has 0 aromatic rings. The van der Waals surface area contributed by atoms with Gasteiger partial charge in [0, 0.05) is 50.3 Å². The van der Waals surface area contributed by atoms with E-state index in [0.29, 0.717) is 19.4 Å². The van der Waals surface area contributed by atoms with Crippen LogP contribution in [-0.2, 0) is 42.7 Å². The second-order valence-electron chi connectivity index (χ2n) is 17.0. The van der Waals surface area contributed by atoms with E-state index in [2.05, 4.69) is 5.92 Å². The number of aliphatic hydroxyl groups is 4. The Bertz CT molecular complexity index is 1320. The number of Topliss-reactive ketones (excluding diaryl/α,β-unsaturated/α-hetero) is 1. The van der Waals surface area contributed by atoms with Gasteiger partial charge in [0.25, 0.3) is 0 Å². The number of hydrogen-bond donors (Lipinski definition) is 4. The average molecular weight is 770 g/mol. The summed E-state index contributed by atoms with van der Waals surface area (Å²) in [5, 5.41) is 45.8. The van der Waals surface area contributed by atoms with Crippen LogP contribution < -0.4 is 0 Å². The first-order valence-corrected chi connectivity index (χ1v) is 19.6. The van der Waals surface area contributed by atoms with Crippen molar-refractivity contribution in [3.63, 3.8) is 0 Å². The number of cyclic esters (lactones) is 1. The smallest absolute Gasteiger partial charge is 0.311 e. The molecule has 4 heterocycles. The normalized spacial score (nSPS) is 48.2. The van der Waals surface area contributed by atoms with Crippen molar-refractivity contribution in [1.82, 2.24) is 4.90 Å². The Morgan fingerprint density at radius 2 is 1.65 bits per heavy atom. The van der Waals surface area contributed by atoms with Crippen LogP contribution in [0.2, 0.25) is 0 Å². The van der Waals surface area contributed by atoms with Gasteiger partial charge in [-0.3, -0.25) is 14.5 Å². The first kappa shape index (κ1) is 45.0. The molecule has 4 N–H and O–H groups in total. The number of aliphatic hydroxyl groups excluding tert-OH is 3. The van der Waals surface area contributed by atoms with Crippen molar-refractivity contribution < 1.29 is 63.2 Å². The molecule has 4 fully saturated rings. The molecule has 4 aliphatic heterocycles. The highest BCUT2D eigenvalue weighted by Crippen LogP contribution is 2.44. The molecule has 0 saturated carbocycles. The van der Waals surface area contributed by atoms with E-state index in [1.165, 1.54) is 14.0 Å². The van der Waals surface area contributed by atoms with Gasteiger partial charge >= 0.3 is 5.97 Å². The molecule has 0 spiro atoms. The lowest BCUT2D eigenvalue weighted by Gasteiger charge is -2.49. The molecule has 0 aromatic carbocycles. The predicted octanol–water partition coefficient (Wildman–Crippen LogP) is 2.20. The highest BCUT2D eigenvalue weighted by atomic mass is 16.7. The number of ketones is 1. The van der Waals surface area contributed by atoms with Crippen LogP contribution in [0.5, 0.6) is 0 Å². The fraction of sp³-hybridized carbons (Fsp3) is 0.900. The van der Waals surface area contributed by atoms with Gasteiger partial charge in [-0.2, -0.15) is 0 Å². The van der Waals surface area contributed by atoms with Gasteiger partial charge in [-0.1, -0.05) is 20.8 Å². The largest absolute Gasteiger partial charge is 0.459 e. The SMILES string of the molecule is C#CCCN(C)[C@H]1C[C@@H](C)O[C@@H](O[C@@H]2[C@@H](C)[C@H](O[C@@H]3C[C@@](C)(OC)[C@@H](O)[C@H](C)O3)[C@@H](C)C(=O)O[C@H](CC)[C@@](C)(O)[C@H](O)[C@@H](C)C(=O)[C@@H]3CO[C@]2(C)C3)[C@@H]1O. The number of nitrogens with zero attached hydrogens (tertiary/aromatic N) is 1. The lowest BCUT2D eigenvalue weighted by molar-refractivity contribution is -0.317. The third-order valence-corrected chi connectivity index (χ3v) is 12.8. The summed E-state index contributed by atoms with van der Waals surface area (Å²) in [5.74, 6) is -1.77. The topological polar surface area (TPSA) is 183 Å². The Morgan fingerprint density at radius 3 is 2.26 bits per heavy atom. The molecule has 54 heavy (non-hydrogen) atoms. The molecule has 0 radical (unpaired) electrons. The Kier molecular flexibility index (Phi) is 14.8. The van der Waals surface area contributed by atoms with Crippen LogP contribution in [0.4, 0.5) is 0 Å². The fourth-order valence-electron chi connectivity index (χ4n) is 9.09. The van der Waals surface area contributed by atoms with E-state index in [-0.39, 0.29) is 43.8 Å². The molecule has 4 rings (SSSR count). The first-order chi connectivity index (χ1) is 25.1. The molecule has 0 amide bonds. The van der Waals surface area contributed by atoms with Crippen LogP contribution in [0.25, 0.3) is 0 Å². The molecule has 0 aromatic heterocycles. The number of rotatable bonds is 9. The van der Waals surface area contributed by atoms with Crippen molar-refractivity contribution in [3.05, 3.63) is 0 Å². The third-order valence-electron chi connectivity index (χ3n) is 12.8. The van der Waals surface area contributed by atoms with E-state index in [9.17, 15) is 30.0 Å². The molecule has 14 heteroatoms. The molecule has 4 aliphatic rings. The van der Waals surface area contributed by atoms with Crippen LogP contribution in [0.15, 0.2) is 0 Å². The third kappa shape index (κ3) is 9.18. The predicted molar refractivity (Wildman–Crippen MR) is 197 cm³/mol. The number of carbonyl (C=O) groups excluding carboxylic acids is 2. The van der Waals surface area contributed by atoms with E-state index in [0.717, 1.165) is 0 Å². The Balaban J connectivity index is 1.82. The van der Waals surface area contributed by atoms with Gasteiger partial charge < -0.3 is 53.6 Å². The van der Waals surface area contributed by atoms with Crippen LogP contribution >= 0.6 is 0 Å². The molecule has 14 nitrogen and oxygen atoms in total. The van der Waals surface area contributed by atoms with Crippen molar-refractivity contribution in [2.75, 3.05) is 27.3 Å². The van der Waals surface area contributed by atoms with Crippen molar-refractivity contribution in [1.29, 1.82) is 0 Å². The molecule has 310 valence electrons. The summed E-state index contributed by atoms with van der Waals surface area (Å²) < 4.78 is 44.3. The maximum Gasteiger partial charge on any atom is 0.311 e. The van der Waals surface area contributed by atoms with Gasteiger partial charge in [-0.15, -0.1) is 12.3 Å². The van der Waals surface area contributed by atoms with E-state index in [4.69, 9.17) is 39.6 Å². The quantitative estimate of drug-likeness (QED) is 0.198. The Hall–Kier alpha value is -1.74. The van der Waals surface area contributed by atoms with Gasteiger partial charge in [0.1, 0.15) is 29.7 Å². The van der Waals surface area contributed by atoms with Crippen LogP contribution in [0.1, 0.15) is 94.4 Å². The number of esters is 1. The highest BCUT2D eigenvalue weighted by Gasteiger charge is 2.56. The molecule has 18 atom stereocenters. The van der Waals surface area contributed by atoms with Gasteiger partial charge in [0.05, 0.1) is 54.2 Å². The van der Waals surface area contributed by atoms with E-state index >= 15 is 0 Å². The lowest BCUT2D eigenvalue weighted by atomic mass is 9.75. The van der Waals surface area contributed by atoms with Gasteiger partial charge in [0.2, 0.25) is 0 Å². The number of ether oxygens (including phenoxy) is 7.